The minimum absolute atomic E-state index is 0.197. The fraction of sp³-hybridized carbons (Fsp3) is 0.286. The number of likely N-dealkylation sites (N-methyl/N-ethyl adjacent to an activating group) is 1. The number of nitrogens with zero attached hydrogens (tertiary/aromatic N) is 1. The lowest BCUT2D eigenvalue weighted by Gasteiger charge is -2.07. The van der Waals surface area contributed by atoms with E-state index in [2.05, 4.69) is 0 Å². The lowest BCUT2D eigenvalue weighted by Crippen LogP contribution is -2.26. The molecule has 2 rings (SSSR count). The van der Waals surface area contributed by atoms with Crippen molar-refractivity contribution in [3.63, 3.8) is 0 Å². The van der Waals surface area contributed by atoms with Gasteiger partial charge in [-0.1, -0.05) is 44.2 Å². The Balaban J connectivity index is 2.53. The second kappa shape index (κ2) is 4.98. The predicted octanol–water partition coefficient (Wildman–Crippen LogP) is 2.54. The van der Waals surface area contributed by atoms with Gasteiger partial charge in [0.2, 0.25) is 0 Å². The van der Waals surface area contributed by atoms with Crippen LogP contribution in [0.2, 0.25) is 0 Å². The van der Waals surface area contributed by atoms with Crippen molar-refractivity contribution in [3.05, 3.63) is 40.8 Å². The van der Waals surface area contributed by atoms with Crippen LogP contribution in [0.3, 0.4) is 0 Å². The third-order valence-corrected chi connectivity index (χ3v) is 3.75. The van der Waals surface area contributed by atoms with Crippen LogP contribution in [0.1, 0.15) is 19.4 Å². The van der Waals surface area contributed by atoms with E-state index in [0.717, 1.165) is 5.56 Å². The topological polar surface area (TPSA) is 37.4 Å². The van der Waals surface area contributed by atoms with Crippen LogP contribution in [0, 0.1) is 0 Å². The van der Waals surface area contributed by atoms with Crippen LogP contribution in [0.25, 0.3) is 5.57 Å². The molecule has 0 saturated carbocycles. The highest BCUT2D eigenvalue weighted by Crippen LogP contribution is 2.36. The third-order valence-electron chi connectivity index (χ3n) is 2.66. The Bertz CT molecular complexity index is 520. The molecule has 3 nitrogen and oxygen atoms in total. The molecule has 0 radical (unpaired) electrons. The number of carbonyl (C=O) groups excluding carboxylic acids is 2. The molecule has 2 amide bonds. The smallest absolute Gasteiger partial charge is 0.267 e. The van der Waals surface area contributed by atoms with Crippen LogP contribution in [0.5, 0.6) is 0 Å². The Morgan fingerprint density at radius 1 is 1.06 bits per heavy atom. The maximum atomic E-state index is 12.1. The number of hydrogen-bond donors (Lipinski definition) is 0. The van der Waals surface area contributed by atoms with Gasteiger partial charge in [0, 0.05) is 12.3 Å². The number of imide groups is 1. The Morgan fingerprint density at radius 2 is 1.67 bits per heavy atom. The van der Waals surface area contributed by atoms with Crippen molar-refractivity contribution >= 4 is 29.1 Å². The molecule has 0 bridgehead atoms. The van der Waals surface area contributed by atoms with Crippen molar-refractivity contribution in [1.82, 2.24) is 4.90 Å². The second-order valence-electron chi connectivity index (χ2n) is 4.41. The average molecular weight is 261 g/mol. The quantitative estimate of drug-likeness (QED) is 0.785. The Kier molecular flexibility index (Phi) is 3.57. The molecule has 94 valence electrons. The fourth-order valence-corrected chi connectivity index (χ4v) is 2.85. The van der Waals surface area contributed by atoms with Gasteiger partial charge >= 0.3 is 0 Å². The van der Waals surface area contributed by atoms with Crippen LogP contribution >= 0.6 is 11.8 Å². The van der Waals surface area contributed by atoms with Crippen LogP contribution in [0.4, 0.5) is 0 Å². The van der Waals surface area contributed by atoms with Crippen LogP contribution in [-0.4, -0.2) is 29.0 Å². The number of thioether (sulfide) groups is 1. The second-order valence-corrected chi connectivity index (χ2v) is 5.99. The van der Waals surface area contributed by atoms with Crippen LogP contribution in [0.15, 0.2) is 35.2 Å². The molecule has 1 aliphatic heterocycles. The van der Waals surface area contributed by atoms with E-state index in [1.807, 2.05) is 44.2 Å². The van der Waals surface area contributed by atoms with E-state index >= 15 is 0 Å². The van der Waals surface area contributed by atoms with Crippen molar-refractivity contribution in [2.45, 2.75) is 19.1 Å². The summed E-state index contributed by atoms with van der Waals surface area (Å²) < 4.78 is 0. The molecule has 1 aromatic carbocycles. The highest BCUT2D eigenvalue weighted by molar-refractivity contribution is 8.04. The van der Waals surface area contributed by atoms with Gasteiger partial charge in [0.1, 0.15) is 0 Å². The molecule has 18 heavy (non-hydrogen) atoms. The summed E-state index contributed by atoms with van der Waals surface area (Å²) in [7, 11) is 1.53. The van der Waals surface area contributed by atoms with Crippen molar-refractivity contribution in [3.8, 4) is 0 Å². The molecule has 1 aliphatic rings. The summed E-state index contributed by atoms with van der Waals surface area (Å²) in [6, 6.07) is 9.36. The maximum absolute atomic E-state index is 12.1. The number of carbonyl (C=O) groups is 2. The standard InChI is InChI=1S/C14H15NO2S/c1-9(2)18-12-11(10-7-5-4-6-8-10)13(16)15(3)14(12)17/h4-9H,1-3H3. The van der Waals surface area contributed by atoms with Crippen LogP contribution in [-0.2, 0) is 9.59 Å². The lowest BCUT2D eigenvalue weighted by molar-refractivity contribution is -0.134. The third kappa shape index (κ3) is 2.20. The molecule has 0 aliphatic carbocycles. The molecule has 1 heterocycles. The van der Waals surface area contributed by atoms with Gasteiger partial charge in [-0.3, -0.25) is 14.5 Å². The molecule has 0 unspecified atom stereocenters. The molecule has 0 aromatic heterocycles. The minimum atomic E-state index is -0.214. The first-order chi connectivity index (χ1) is 8.52. The zero-order chi connectivity index (χ0) is 13.3. The summed E-state index contributed by atoms with van der Waals surface area (Å²) in [4.78, 5) is 25.9. The van der Waals surface area contributed by atoms with Gasteiger partial charge in [-0.25, -0.2) is 0 Å². The zero-order valence-corrected chi connectivity index (χ0v) is 11.5. The van der Waals surface area contributed by atoms with E-state index < -0.39 is 0 Å². The minimum Gasteiger partial charge on any atom is -0.277 e. The van der Waals surface area contributed by atoms with Crippen LogP contribution < -0.4 is 0 Å². The molecule has 1 aromatic rings. The normalized spacial score (nSPS) is 16.1. The summed E-state index contributed by atoms with van der Waals surface area (Å²) in [5.74, 6) is -0.410. The van der Waals surface area contributed by atoms with Crippen molar-refractivity contribution in [2.75, 3.05) is 7.05 Å². The first kappa shape index (κ1) is 12.9. The fourth-order valence-electron chi connectivity index (χ4n) is 1.82. The molecule has 0 atom stereocenters. The van der Waals surface area contributed by atoms with Gasteiger partial charge in [0.15, 0.2) is 0 Å². The van der Waals surface area contributed by atoms with Gasteiger partial charge in [-0.05, 0) is 5.56 Å². The SMILES string of the molecule is CC(C)SC1=C(c2ccccc2)C(=O)N(C)C1=O. The highest BCUT2D eigenvalue weighted by atomic mass is 32.2. The van der Waals surface area contributed by atoms with E-state index in [-0.39, 0.29) is 17.1 Å². The summed E-state index contributed by atoms with van der Waals surface area (Å²) in [5.41, 5.74) is 1.34. The van der Waals surface area contributed by atoms with Gasteiger partial charge < -0.3 is 0 Å². The van der Waals surface area contributed by atoms with E-state index in [9.17, 15) is 9.59 Å². The molecule has 0 N–H and O–H groups in total. The zero-order valence-electron chi connectivity index (χ0n) is 10.6. The average Bonchev–Trinajstić information content (AvgIpc) is 2.55. The van der Waals surface area contributed by atoms with Gasteiger partial charge in [0.25, 0.3) is 11.8 Å². The summed E-state index contributed by atoms with van der Waals surface area (Å²) in [5, 5.41) is 0.266. The maximum Gasteiger partial charge on any atom is 0.267 e. The van der Waals surface area contributed by atoms with Gasteiger partial charge in [0.05, 0.1) is 10.5 Å². The largest absolute Gasteiger partial charge is 0.277 e. The number of amides is 2. The first-order valence-corrected chi connectivity index (χ1v) is 6.69. The molecular weight excluding hydrogens is 246 g/mol. The highest BCUT2D eigenvalue weighted by Gasteiger charge is 2.36. The molecule has 0 saturated heterocycles. The molecule has 4 heteroatoms. The predicted molar refractivity (Wildman–Crippen MR) is 73.9 cm³/mol. The van der Waals surface area contributed by atoms with E-state index in [0.29, 0.717) is 10.5 Å². The van der Waals surface area contributed by atoms with Crippen molar-refractivity contribution in [1.29, 1.82) is 0 Å². The molecular formula is C14H15NO2S. The Hall–Kier alpha value is -1.55. The Morgan fingerprint density at radius 3 is 2.22 bits per heavy atom. The first-order valence-electron chi connectivity index (χ1n) is 5.81. The van der Waals surface area contributed by atoms with Gasteiger partial charge in [-0.15, -0.1) is 11.8 Å². The monoisotopic (exact) mass is 261 g/mol. The summed E-state index contributed by atoms with van der Waals surface area (Å²) >= 11 is 1.45. The Labute approximate surface area is 111 Å². The van der Waals surface area contributed by atoms with E-state index in [1.54, 1.807) is 0 Å². The summed E-state index contributed by atoms with van der Waals surface area (Å²) in [6.07, 6.45) is 0. The molecule has 0 spiro atoms. The number of benzene rings is 1. The number of rotatable bonds is 3. The van der Waals surface area contributed by atoms with Crippen molar-refractivity contribution in [2.24, 2.45) is 0 Å². The van der Waals surface area contributed by atoms with E-state index in [1.165, 1.54) is 23.7 Å². The van der Waals surface area contributed by atoms with E-state index in [4.69, 9.17) is 0 Å². The number of hydrogen-bond acceptors (Lipinski definition) is 3. The van der Waals surface area contributed by atoms with Crippen molar-refractivity contribution < 1.29 is 9.59 Å². The molecule has 0 fully saturated rings. The lowest BCUT2D eigenvalue weighted by atomic mass is 10.1. The van der Waals surface area contributed by atoms with Gasteiger partial charge in [-0.2, -0.15) is 0 Å². The summed E-state index contributed by atoms with van der Waals surface area (Å²) in [6.45, 7) is 4.02.